The molecule has 1 aromatic rings. The van der Waals surface area contributed by atoms with E-state index in [0.29, 0.717) is 5.82 Å². The number of nitrogens with zero attached hydrogens (tertiary/aromatic N) is 4. The van der Waals surface area contributed by atoms with Crippen molar-refractivity contribution in [3.8, 4) is 12.1 Å². The zero-order valence-corrected chi connectivity index (χ0v) is 11.1. The minimum absolute atomic E-state index is 0.0799. The van der Waals surface area contributed by atoms with Crippen LogP contribution in [-0.4, -0.2) is 16.5 Å². The molecule has 0 amide bonds. The summed E-state index contributed by atoms with van der Waals surface area (Å²) in [7, 11) is 0. The summed E-state index contributed by atoms with van der Waals surface area (Å²) in [6.07, 6.45) is 9.94. The Morgan fingerprint density at radius 2 is 2.05 bits per heavy atom. The summed E-state index contributed by atoms with van der Waals surface area (Å²) >= 11 is 0. The molecule has 1 fully saturated rings. The van der Waals surface area contributed by atoms with Crippen LogP contribution in [0.4, 0.5) is 5.82 Å². The zero-order chi connectivity index (χ0) is 13.9. The number of rotatable bonds is 4. The van der Waals surface area contributed by atoms with E-state index in [0.717, 1.165) is 30.7 Å². The molecule has 2 aliphatic carbocycles. The van der Waals surface area contributed by atoms with Crippen LogP contribution in [-0.2, 0) is 0 Å². The quantitative estimate of drug-likeness (QED) is 0.844. The molecule has 0 spiro atoms. The van der Waals surface area contributed by atoms with E-state index in [9.17, 15) is 0 Å². The average Bonchev–Trinajstić information content (AvgIpc) is 3.09. The first-order valence-corrected chi connectivity index (χ1v) is 6.89. The first kappa shape index (κ1) is 12.6. The molecule has 1 heterocycles. The Bertz CT molecular complexity index is 622. The molecule has 5 heteroatoms. The predicted octanol–water partition coefficient (Wildman–Crippen LogP) is 2.23. The Morgan fingerprint density at radius 3 is 2.70 bits per heavy atom. The smallest absolute Gasteiger partial charge is 0.179 e. The maximum atomic E-state index is 8.90. The summed E-state index contributed by atoms with van der Waals surface area (Å²) < 4.78 is 0. The molecule has 0 aliphatic heterocycles. The Labute approximate surface area is 118 Å². The standard InChI is InChI=1S/C15H15N5/c16-7-13-14(8-17)20-15(9-19-13)18-4-3-12-6-10-1-2-11(12)5-10/h1-2,9-12H,3-6H2,(H,18,20)/t10-,11+,12-/m1/s1. The third-order valence-electron chi connectivity index (χ3n) is 4.22. The van der Waals surface area contributed by atoms with Crippen LogP contribution in [0.3, 0.4) is 0 Å². The molecule has 3 rings (SSSR count). The highest BCUT2D eigenvalue weighted by molar-refractivity contribution is 5.42. The zero-order valence-electron chi connectivity index (χ0n) is 11.1. The monoisotopic (exact) mass is 265 g/mol. The number of hydrogen-bond donors (Lipinski definition) is 1. The molecule has 1 aromatic heterocycles. The first-order valence-electron chi connectivity index (χ1n) is 6.89. The van der Waals surface area contributed by atoms with Crippen molar-refractivity contribution in [2.24, 2.45) is 17.8 Å². The molecule has 3 atom stereocenters. The molecule has 0 saturated heterocycles. The highest BCUT2D eigenvalue weighted by atomic mass is 15.0. The molecule has 0 radical (unpaired) electrons. The summed E-state index contributed by atoms with van der Waals surface area (Å²) in [5.74, 6) is 2.88. The number of fused-ring (bicyclic) bond motifs is 2. The Morgan fingerprint density at radius 1 is 1.20 bits per heavy atom. The molecule has 20 heavy (non-hydrogen) atoms. The van der Waals surface area contributed by atoms with E-state index in [1.54, 1.807) is 0 Å². The third kappa shape index (κ3) is 2.35. The number of anilines is 1. The van der Waals surface area contributed by atoms with E-state index < -0.39 is 0 Å². The van der Waals surface area contributed by atoms with Gasteiger partial charge >= 0.3 is 0 Å². The van der Waals surface area contributed by atoms with Crippen LogP contribution in [0.1, 0.15) is 30.7 Å². The van der Waals surface area contributed by atoms with Crippen LogP contribution in [0.2, 0.25) is 0 Å². The molecule has 2 aliphatic rings. The Hall–Kier alpha value is -2.40. The van der Waals surface area contributed by atoms with Crippen LogP contribution in [0, 0.1) is 40.4 Å². The lowest BCUT2D eigenvalue weighted by atomic mass is 9.91. The van der Waals surface area contributed by atoms with E-state index in [2.05, 4.69) is 27.4 Å². The predicted molar refractivity (Wildman–Crippen MR) is 73.4 cm³/mol. The van der Waals surface area contributed by atoms with E-state index in [1.807, 2.05) is 12.1 Å². The summed E-state index contributed by atoms with van der Waals surface area (Å²) in [6.45, 7) is 0.827. The van der Waals surface area contributed by atoms with Crippen LogP contribution < -0.4 is 5.32 Å². The van der Waals surface area contributed by atoms with Crippen LogP contribution in [0.15, 0.2) is 18.3 Å². The lowest BCUT2D eigenvalue weighted by Gasteiger charge is -2.18. The molecule has 2 bridgehead atoms. The van der Waals surface area contributed by atoms with Gasteiger partial charge in [-0.1, -0.05) is 12.2 Å². The van der Waals surface area contributed by atoms with Crippen LogP contribution in [0.25, 0.3) is 0 Å². The molecular weight excluding hydrogens is 250 g/mol. The molecule has 100 valence electrons. The van der Waals surface area contributed by atoms with Crippen molar-refractivity contribution in [3.05, 3.63) is 29.7 Å². The SMILES string of the molecule is N#Cc1ncc(NCC[C@@H]2C[C@@H]3C=C[C@H]2C3)nc1C#N. The van der Waals surface area contributed by atoms with Gasteiger partial charge in [0.15, 0.2) is 11.4 Å². The number of allylic oxidation sites excluding steroid dienone is 2. The Balaban J connectivity index is 1.55. The van der Waals surface area contributed by atoms with Crippen molar-refractivity contribution in [1.29, 1.82) is 10.5 Å². The maximum absolute atomic E-state index is 8.90. The van der Waals surface area contributed by atoms with E-state index in [4.69, 9.17) is 10.5 Å². The minimum atomic E-state index is 0.0799. The van der Waals surface area contributed by atoms with E-state index in [1.165, 1.54) is 19.0 Å². The molecular formula is C15H15N5. The first-order chi connectivity index (χ1) is 9.80. The fourth-order valence-electron chi connectivity index (χ4n) is 3.25. The van der Waals surface area contributed by atoms with Gasteiger partial charge in [0, 0.05) is 6.54 Å². The van der Waals surface area contributed by atoms with Crippen LogP contribution in [0.5, 0.6) is 0 Å². The van der Waals surface area contributed by atoms with Gasteiger partial charge in [0.25, 0.3) is 0 Å². The van der Waals surface area contributed by atoms with Gasteiger partial charge in [-0.2, -0.15) is 10.5 Å². The van der Waals surface area contributed by atoms with Gasteiger partial charge in [0.05, 0.1) is 6.20 Å². The molecule has 5 nitrogen and oxygen atoms in total. The van der Waals surface area contributed by atoms with Gasteiger partial charge in [-0.25, -0.2) is 9.97 Å². The largest absolute Gasteiger partial charge is 0.369 e. The van der Waals surface area contributed by atoms with E-state index in [-0.39, 0.29) is 11.4 Å². The van der Waals surface area contributed by atoms with Gasteiger partial charge in [-0.3, -0.25) is 0 Å². The molecule has 1 saturated carbocycles. The molecule has 1 N–H and O–H groups in total. The summed E-state index contributed by atoms with van der Waals surface area (Å²) in [6, 6.07) is 3.76. The second-order valence-electron chi connectivity index (χ2n) is 5.43. The number of nitriles is 2. The maximum Gasteiger partial charge on any atom is 0.179 e. The second kappa shape index (κ2) is 5.30. The topological polar surface area (TPSA) is 85.4 Å². The van der Waals surface area contributed by atoms with Crippen molar-refractivity contribution < 1.29 is 0 Å². The summed E-state index contributed by atoms with van der Waals surface area (Å²) in [4.78, 5) is 8.04. The van der Waals surface area contributed by atoms with Gasteiger partial charge in [0.1, 0.15) is 18.0 Å². The van der Waals surface area contributed by atoms with Crippen molar-refractivity contribution in [1.82, 2.24) is 9.97 Å². The lowest BCUT2D eigenvalue weighted by molar-refractivity contribution is 0.426. The normalized spacial score (nSPS) is 26.2. The second-order valence-corrected chi connectivity index (χ2v) is 5.43. The summed E-state index contributed by atoms with van der Waals surface area (Å²) in [5, 5.41) is 20.9. The highest BCUT2D eigenvalue weighted by Crippen LogP contribution is 2.44. The lowest BCUT2D eigenvalue weighted by Crippen LogP contribution is -2.14. The fraction of sp³-hybridized carbons (Fsp3) is 0.467. The van der Waals surface area contributed by atoms with Gasteiger partial charge in [-0.15, -0.1) is 0 Å². The van der Waals surface area contributed by atoms with Crippen molar-refractivity contribution >= 4 is 5.82 Å². The third-order valence-corrected chi connectivity index (χ3v) is 4.22. The van der Waals surface area contributed by atoms with Crippen molar-refractivity contribution in [3.63, 3.8) is 0 Å². The highest BCUT2D eigenvalue weighted by Gasteiger charge is 2.34. The van der Waals surface area contributed by atoms with E-state index >= 15 is 0 Å². The fourth-order valence-corrected chi connectivity index (χ4v) is 3.25. The summed E-state index contributed by atoms with van der Waals surface area (Å²) in [5.41, 5.74) is 0.164. The van der Waals surface area contributed by atoms with Crippen LogP contribution >= 0.6 is 0 Å². The van der Waals surface area contributed by atoms with Crippen molar-refractivity contribution in [2.75, 3.05) is 11.9 Å². The van der Waals surface area contributed by atoms with Gasteiger partial charge < -0.3 is 5.32 Å². The Kier molecular flexibility index (Phi) is 3.35. The molecule has 0 unspecified atom stereocenters. The van der Waals surface area contributed by atoms with Gasteiger partial charge in [0.2, 0.25) is 0 Å². The van der Waals surface area contributed by atoms with Gasteiger partial charge in [-0.05, 0) is 37.0 Å². The average molecular weight is 265 g/mol. The molecule has 0 aromatic carbocycles. The minimum Gasteiger partial charge on any atom is -0.369 e. The van der Waals surface area contributed by atoms with Crippen molar-refractivity contribution in [2.45, 2.75) is 19.3 Å². The number of nitrogens with one attached hydrogen (secondary N) is 1. The number of aromatic nitrogens is 2. The number of hydrogen-bond acceptors (Lipinski definition) is 5.